The number of nitrogens with zero attached hydrogens (tertiary/aromatic N) is 1. The number of hydrogen-bond donors (Lipinski definition) is 0. The monoisotopic (exact) mass is 275 g/mol. The normalized spacial score (nSPS) is 16.9. The molecule has 1 aromatic carbocycles. The van der Waals surface area contributed by atoms with Crippen LogP contribution >= 0.6 is 11.6 Å². The van der Waals surface area contributed by atoms with Gasteiger partial charge in [-0.3, -0.25) is 4.79 Å². The molecule has 1 heterocycles. The minimum absolute atomic E-state index is 0.258. The van der Waals surface area contributed by atoms with Gasteiger partial charge in [-0.2, -0.15) is 0 Å². The Kier molecular flexibility index (Phi) is 3.61. The van der Waals surface area contributed by atoms with Gasteiger partial charge in [-0.05, 0) is 18.9 Å². The van der Waals surface area contributed by atoms with E-state index in [0.717, 1.165) is 28.8 Å². The molecule has 1 fully saturated rings. The summed E-state index contributed by atoms with van der Waals surface area (Å²) in [7, 11) is 0. The van der Waals surface area contributed by atoms with Gasteiger partial charge in [-0.1, -0.05) is 49.1 Å². The molecular formula is C16H18ClNO. The smallest absolute Gasteiger partial charge is 0.155 e. The molecular weight excluding hydrogens is 258 g/mol. The van der Waals surface area contributed by atoms with Crippen molar-refractivity contribution in [3.8, 4) is 0 Å². The highest BCUT2D eigenvalue weighted by Gasteiger charge is 2.21. The first kappa shape index (κ1) is 12.7. The molecule has 0 N–H and O–H groups in total. The van der Waals surface area contributed by atoms with E-state index >= 15 is 0 Å². The first-order chi connectivity index (χ1) is 9.25. The number of Topliss-reactive ketones (excluding diaryl/α,β-unsaturated/α-hetero) is 1. The van der Waals surface area contributed by atoms with Gasteiger partial charge in [0.1, 0.15) is 0 Å². The van der Waals surface area contributed by atoms with Gasteiger partial charge >= 0.3 is 0 Å². The van der Waals surface area contributed by atoms with Crippen LogP contribution < -0.4 is 0 Å². The summed E-state index contributed by atoms with van der Waals surface area (Å²) in [5.41, 5.74) is 1.05. The van der Waals surface area contributed by atoms with Crippen molar-refractivity contribution in [1.82, 2.24) is 4.57 Å². The number of hydrogen-bond acceptors (Lipinski definition) is 1. The van der Waals surface area contributed by atoms with Gasteiger partial charge in [-0.25, -0.2) is 0 Å². The van der Waals surface area contributed by atoms with E-state index in [1.165, 1.54) is 19.3 Å². The summed E-state index contributed by atoms with van der Waals surface area (Å²) in [6.07, 6.45) is 7.68. The molecule has 1 aromatic heterocycles. The Hall–Kier alpha value is -1.28. The summed E-state index contributed by atoms with van der Waals surface area (Å²) in [5.74, 6) is 0.616. The molecule has 0 atom stereocenters. The number of aromatic nitrogens is 1. The maximum atomic E-state index is 12.4. The van der Waals surface area contributed by atoms with Gasteiger partial charge in [0.15, 0.2) is 5.78 Å². The Labute approximate surface area is 118 Å². The van der Waals surface area contributed by atoms with Gasteiger partial charge < -0.3 is 4.57 Å². The summed E-state index contributed by atoms with van der Waals surface area (Å²) < 4.78 is 1.99. The van der Waals surface area contributed by atoms with Crippen molar-refractivity contribution >= 4 is 28.3 Å². The zero-order valence-corrected chi connectivity index (χ0v) is 11.7. The van der Waals surface area contributed by atoms with E-state index < -0.39 is 0 Å². The van der Waals surface area contributed by atoms with E-state index in [-0.39, 0.29) is 5.92 Å². The second-order valence-electron chi connectivity index (χ2n) is 5.42. The molecule has 2 nitrogen and oxygen atoms in total. The van der Waals surface area contributed by atoms with Crippen LogP contribution in [0, 0.1) is 5.92 Å². The standard InChI is InChI=1S/C16H18ClNO/c17-14-10-18(15-9-5-4-8-13(14)15)11-16(19)12-6-2-1-3-7-12/h4-5,8-10,12H,1-3,6-7,11H2. The lowest BCUT2D eigenvalue weighted by molar-refractivity contribution is -0.124. The van der Waals surface area contributed by atoms with Crippen LogP contribution in [-0.4, -0.2) is 10.4 Å². The first-order valence-electron chi connectivity index (χ1n) is 7.02. The van der Waals surface area contributed by atoms with Crippen LogP contribution in [0.3, 0.4) is 0 Å². The van der Waals surface area contributed by atoms with Crippen molar-refractivity contribution in [2.45, 2.75) is 38.6 Å². The molecule has 0 unspecified atom stereocenters. The molecule has 0 amide bonds. The number of carbonyl (C=O) groups is 1. The summed E-state index contributed by atoms with van der Waals surface area (Å²) >= 11 is 6.21. The van der Waals surface area contributed by atoms with Crippen molar-refractivity contribution in [3.63, 3.8) is 0 Å². The summed E-state index contributed by atoms with van der Waals surface area (Å²) in [6, 6.07) is 7.98. The van der Waals surface area contributed by atoms with Crippen LogP contribution in [0.1, 0.15) is 32.1 Å². The highest BCUT2D eigenvalue weighted by Crippen LogP contribution is 2.28. The predicted molar refractivity (Wildman–Crippen MR) is 78.5 cm³/mol. The maximum absolute atomic E-state index is 12.4. The van der Waals surface area contributed by atoms with Gasteiger partial charge in [0.25, 0.3) is 0 Å². The van der Waals surface area contributed by atoms with Crippen molar-refractivity contribution in [3.05, 3.63) is 35.5 Å². The average Bonchev–Trinajstić information content (AvgIpc) is 2.77. The van der Waals surface area contributed by atoms with Gasteiger partial charge in [0.2, 0.25) is 0 Å². The Morgan fingerprint density at radius 1 is 1.21 bits per heavy atom. The molecule has 3 rings (SSSR count). The molecule has 2 aromatic rings. The third-order valence-electron chi connectivity index (χ3n) is 4.13. The third kappa shape index (κ3) is 2.55. The Morgan fingerprint density at radius 3 is 2.74 bits per heavy atom. The fourth-order valence-electron chi connectivity index (χ4n) is 3.05. The number of fused-ring (bicyclic) bond motifs is 1. The van der Waals surface area contributed by atoms with Crippen LogP contribution in [0.4, 0.5) is 0 Å². The molecule has 0 bridgehead atoms. The van der Waals surface area contributed by atoms with E-state index in [1.54, 1.807) is 0 Å². The zero-order valence-electron chi connectivity index (χ0n) is 10.9. The highest BCUT2D eigenvalue weighted by molar-refractivity contribution is 6.35. The molecule has 1 aliphatic rings. The number of ketones is 1. The van der Waals surface area contributed by atoms with E-state index in [9.17, 15) is 4.79 Å². The zero-order chi connectivity index (χ0) is 13.2. The molecule has 0 spiro atoms. The summed E-state index contributed by atoms with van der Waals surface area (Å²) in [6.45, 7) is 0.456. The summed E-state index contributed by atoms with van der Waals surface area (Å²) in [5, 5.41) is 1.76. The lowest BCUT2D eigenvalue weighted by atomic mass is 9.86. The van der Waals surface area contributed by atoms with Crippen molar-refractivity contribution in [1.29, 1.82) is 0 Å². The Bertz CT molecular complexity index is 596. The second-order valence-corrected chi connectivity index (χ2v) is 5.83. The molecule has 1 saturated carbocycles. The predicted octanol–water partition coefficient (Wildman–Crippen LogP) is 4.44. The SMILES string of the molecule is O=C(Cn1cc(Cl)c2ccccc21)C1CCCCC1. The third-order valence-corrected chi connectivity index (χ3v) is 4.43. The Morgan fingerprint density at radius 2 is 1.95 bits per heavy atom. The maximum Gasteiger partial charge on any atom is 0.155 e. The Balaban J connectivity index is 1.83. The van der Waals surface area contributed by atoms with Crippen LogP contribution in [0.25, 0.3) is 10.9 Å². The van der Waals surface area contributed by atoms with Gasteiger partial charge in [0, 0.05) is 23.0 Å². The van der Waals surface area contributed by atoms with E-state index in [1.807, 2.05) is 35.0 Å². The molecule has 1 aliphatic carbocycles. The van der Waals surface area contributed by atoms with E-state index in [0.29, 0.717) is 12.3 Å². The quantitative estimate of drug-likeness (QED) is 0.811. The average molecular weight is 276 g/mol. The molecule has 0 aliphatic heterocycles. The molecule has 3 heteroatoms. The minimum Gasteiger partial charge on any atom is -0.338 e. The molecule has 0 radical (unpaired) electrons. The van der Waals surface area contributed by atoms with Crippen molar-refractivity contribution in [2.24, 2.45) is 5.92 Å². The summed E-state index contributed by atoms with van der Waals surface area (Å²) in [4.78, 5) is 12.4. The van der Waals surface area contributed by atoms with Crippen molar-refractivity contribution < 1.29 is 4.79 Å². The van der Waals surface area contributed by atoms with E-state index in [2.05, 4.69) is 0 Å². The second kappa shape index (κ2) is 5.38. The lowest BCUT2D eigenvalue weighted by Gasteiger charge is -2.20. The fraction of sp³-hybridized carbons (Fsp3) is 0.438. The number of benzene rings is 1. The highest BCUT2D eigenvalue weighted by atomic mass is 35.5. The minimum atomic E-state index is 0.258. The topological polar surface area (TPSA) is 22.0 Å². The molecule has 19 heavy (non-hydrogen) atoms. The van der Waals surface area contributed by atoms with Crippen LogP contribution in [-0.2, 0) is 11.3 Å². The van der Waals surface area contributed by atoms with Crippen molar-refractivity contribution in [2.75, 3.05) is 0 Å². The van der Waals surface area contributed by atoms with E-state index in [4.69, 9.17) is 11.6 Å². The number of para-hydroxylation sites is 1. The first-order valence-corrected chi connectivity index (χ1v) is 7.39. The molecule has 100 valence electrons. The lowest BCUT2D eigenvalue weighted by Crippen LogP contribution is -2.22. The van der Waals surface area contributed by atoms with Crippen LogP contribution in [0.15, 0.2) is 30.5 Å². The fourth-order valence-corrected chi connectivity index (χ4v) is 3.33. The number of carbonyl (C=O) groups excluding carboxylic acids is 1. The largest absolute Gasteiger partial charge is 0.338 e. The number of halogens is 1. The van der Waals surface area contributed by atoms with Crippen LogP contribution in [0.2, 0.25) is 5.02 Å². The number of rotatable bonds is 3. The van der Waals surface area contributed by atoms with Gasteiger partial charge in [0.05, 0.1) is 11.6 Å². The van der Waals surface area contributed by atoms with Crippen LogP contribution in [0.5, 0.6) is 0 Å². The molecule has 0 saturated heterocycles. The van der Waals surface area contributed by atoms with Gasteiger partial charge in [-0.15, -0.1) is 0 Å².